The maximum atomic E-state index is 11.8. The van der Waals surface area contributed by atoms with E-state index in [0.717, 1.165) is 17.1 Å². The van der Waals surface area contributed by atoms with Crippen LogP contribution in [0.1, 0.15) is 30.0 Å². The van der Waals surface area contributed by atoms with Crippen LogP contribution in [0.4, 0.5) is 0 Å². The lowest BCUT2D eigenvalue weighted by molar-refractivity contribution is 0.0527. The maximum Gasteiger partial charge on any atom is 0.342 e. The Bertz CT molecular complexity index is 497. The van der Waals surface area contributed by atoms with Crippen LogP contribution in [-0.2, 0) is 11.2 Å². The van der Waals surface area contributed by atoms with Crippen molar-refractivity contribution >= 4 is 17.3 Å². The van der Waals surface area contributed by atoms with Gasteiger partial charge in [0.15, 0.2) is 5.76 Å². The van der Waals surface area contributed by atoms with Crippen LogP contribution in [-0.4, -0.2) is 12.6 Å². The molecule has 0 amide bonds. The third kappa shape index (κ3) is 2.42. The number of ether oxygens (including phenoxy) is 1. The van der Waals surface area contributed by atoms with E-state index in [9.17, 15) is 4.79 Å². The van der Waals surface area contributed by atoms with Crippen molar-refractivity contribution in [2.24, 2.45) is 0 Å². The van der Waals surface area contributed by atoms with Crippen molar-refractivity contribution in [1.82, 2.24) is 0 Å². The predicted octanol–water partition coefficient (Wildman–Crippen LogP) is 3.75. The van der Waals surface area contributed by atoms with Crippen LogP contribution in [0.25, 0.3) is 10.6 Å². The van der Waals surface area contributed by atoms with Gasteiger partial charge < -0.3 is 9.15 Å². The Labute approximate surface area is 104 Å². The molecular formula is C13H14O3S. The zero-order valence-electron chi connectivity index (χ0n) is 9.86. The number of carbonyl (C=O) groups is 1. The van der Waals surface area contributed by atoms with Crippen LogP contribution in [0.15, 0.2) is 28.0 Å². The molecule has 0 spiro atoms. The normalized spacial score (nSPS) is 10.5. The van der Waals surface area contributed by atoms with E-state index in [4.69, 9.17) is 9.15 Å². The third-order valence-electron chi connectivity index (χ3n) is 2.37. The van der Waals surface area contributed by atoms with E-state index < -0.39 is 0 Å². The van der Waals surface area contributed by atoms with Crippen LogP contribution >= 0.6 is 11.3 Å². The first-order valence-electron chi connectivity index (χ1n) is 5.60. The SMILES string of the molecule is CCOC(=O)c1cc(CC)oc1-c1cccs1. The van der Waals surface area contributed by atoms with Crippen LogP contribution in [0.3, 0.4) is 0 Å². The van der Waals surface area contributed by atoms with Crippen molar-refractivity contribution in [3.8, 4) is 10.6 Å². The minimum absolute atomic E-state index is 0.320. The van der Waals surface area contributed by atoms with E-state index in [0.29, 0.717) is 17.9 Å². The minimum atomic E-state index is -0.320. The highest BCUT2D eigenvalue weighted by atomic mass is 32.1. The first kappa shape index (κ1) is 11.9. The zero-order chi connectivity index (χ0) is 12.3. The standard InChI is InChI=1S/C13H14O3S/c1-3-9-8-10(13(14)15-4-2)12(16-9)11-6-5-7-17-11/h5-8H,3-4H2,1-2H3. The molecule has 2 rings (SSSR count). The number of rotatable bonds is 4. The van der Waals surface area contributed by atoms with E-state index in [1.54, 1.807) is 24.3 Å². The monoisotopic (exact) mass is 250 g/mol. The molecule has 0 aliphatic heterocycles. The molecule has 0 fully saturated rings. The molecule has 3 nitrogen and oxygen atoms in total. The van der Waals surface area contributed by atoms with Gasteiger partial charge in [0, 0.05) is 6.42 Å². The largest absolute Gasteiger partial charge is 0.462 e. The molecule has 2 heterocycles. The molecule has 0 saturated heterocycles. The molecule has 90 valence electrons. The Morgan fingerprint density at radius 3 is 2.88 bits per heavy atom. The van der Waals surface area contributed by atoms with Gasteiger partial charge in [0.05, 0.1) is 11.5 Å². The minimum Gasteiger partial charge on any atom is -0.462 e. The summed E-state index contributed by atoms with van der Waals surface area (Å²) < 4.78 is 10.7. The summed E-state index contributed by atoms with van der Waals surface area (Å²) >= 11 is 1.55. The van der Waals surface area contributed by atoms with Gasteiger partial charge in [0.2, 0.25) is 0 Å². The molecule has 17 heavy (non-hydrogen) atoms. The van der Waals surface area contributed by atoms with Gasteiger partial charge in [-0.2, -0.15) is 0 Å². The molecule has 0 aliphatic carbocycles. The zero-order valence-corrected chi connectivity index (χ0v) is 10.7. The summed E-state index contributed by atoms with van der Waals surface area (Å²) in [5.41, 5.74) is 0.520. The van der Waals surface area contributed by atoms with E-state index in [-0.39, 0.29) is 5.97 Å². The molecule has 0 radical (unpaired) electrons. The Morgan fingerprint density at radius 1 is 1.47 bits per heavy atom. The number of thiophene rings is 1. The van der Waals surface area contributed by atoms with E-state index in [1.807, 2.05) is 24.4 Å². The molecule has 0 atom stereocenters. The number of furan rings is 1. The fraction of sp³-hybridized carbons (Fsp3) is 0.308. The van der Waals surface area contributed by atoms with E-state index in [2.05, 4.69) is 0 Å². The predicted molar refractivity (Wildman–Crippen MR) is 67.4 cm³/mol. The summed E-state index contributed by atoms with van der Waals surface area (Å²) in [6.45, 7) is 4.16. The van der Waals surface area contributed by atoms with Crippen LogP contribution in [0.2, 0.25) is 0 Å². The molecule has 0 aromatic carbocycles. The van der Waals surface area contributed by atoms with Gasteiger partial charge in [0.25, 0.3) is 0 Å². The van der Waals surface area contributed by atoms with Crippen molar-refractivity contribution < 1.29 is 13.9 Å². The van der Waals surface area contributed by atoms with Gasteiger partial charge in [-0.15, -0.1) is 11.3 Å². The summed E-state index contributed by atoms with van der Waals surface area (Å²) in [5, 5.41) is 1.96. The van der Waals surface area contributed by atoms with Crippen molar-refractivity contribution in [1.29, 1.82) is 0 Å². The lowest BCUT2D eigenvalue weighted by Gasteiger charge is -2.00. The number of aryl methyl sites for hydroxylation is 1. The molecule has 4 heteroatoms. The maximum absolute atomic E-state index is 11.8. The van der Waals surface area contributed by atoms with Gasteiger partial charge in [-0.3, -0.25) is 0 Å². The van der Waals surface area contributed by atoms with Crippen LogP contribution in [0, 0.1) is 0 Å². The molecule has 0 N–H and O–H groups in total. The lowest BCUT2D eigenvalue weighted by atomic mass is 10.2. The van der Waals surface area contributed by atoms with Crippen molar-refractivity contribution in [3.05, 3.63) is 34.9 Å². The average molecular weight is 250 g/mol. The molecule has 0 aliphatic rings. The van der Waals surface area contributed by atoms with Crippen molar-refractivity contribution in [2.75, 3.05) is 6.61 Å². The summed E-state index contributed by atoms with van der Waals surface area (Å²) in [7, 11) is 0. The van der Waals surface area contributed by atoms with Gasteiger partial charge in [-0.1, -0.05) is 13.0 Å². The highest BCUT2D eigenvalue weighted by molar-refractivity contribution is 7.13. The smallest absolute Gasteiger partial charge is 0.342 e. The third-order valence-corrected chi connectivity index (χ3v) is 3.24. The molecule has 2 aromatic rings. The second kappa shape index (κ2) is 5.19. The fourth-order valence-electron chi connectivity index (χ4n) is 1.57. The van der Waals surface area contributed by atoms with Crippen molar-refractivity contribution in [3.63, 3.8) is 0 Å². The highest BCUT2D eigenvalue weighted by Gasteiger charge is 2.20. The summed E-state index contributed by atoms with van der Waals surface area (Å²) in [6.07, 6.45) is 0.762. The first-order valence-corrected chi connectivity index (χ1v) is 6.48. The van der Waals surface area contributed by atoms with Gasteiger partial charge in [-0.05, 0) is 24.4 Å². The highest BCUT2D eigenvalue weighted by Crippen LogP contribution is 2.31. The Morgan fingerprint density at radius 2 is 2.29 bits per heavy atom. The number of hydrogen-bond acceptors (Lipinski definition) is 4. The number of carbonyl (C=O) groups excluding carboxylic acids is 1. The Balaban J connectivity index is 2.43. The second-order valence-electron chi connectivity index (χ2n) is 3.51. The van der Waals surface area contributed by atoms with Crippen LogP contribution in [0.5, 0.6) is 0 Å². The first-order chi connectivity index (χ1) is 8.26. The van der Waals surface area contributed by atoms with E-state index >= 15 is 0 Å². The quantitative estimate of drug-likeness (QED) is 0.776. The molecule has 0 unspecified atom stereocenters. The summed E-state index contributed by atoms with van der Waals surface area (Å²) in [6, 6.07) is 5.64. The van der Waals surface area contributed by atoms with Gasteiger partial charge in [0.1, 0.15) is 11.3 Å². The van der Waals surface area contributed by atoms with Gasteiger partial charge >= 0.3 is 5.97 Å². The number of hydrogen-bond donors (Lipinski definition) is 0. The van der Waals surface area contributed by atoms with E-state index in [1.165, 1.54) is 0 Å². The van der Waals surface area contributed by atoms with Crippen LogP contribution < -0.4 is 0 Å². The molecule has 0 bridgehead atoms. The summed E-state index contributed by atoms with van der Waals surface area (Å²) in [4.78, 5) is 12.8. The molecular weight excluding hydrogens is 236 g/mol. The average Bonchev–Trinajstić information content (AvgIpc) is 2.98. The Hall–Kier alpha value is -1.55. The molecule has 2 aromatic heterocycles. The van der Waals surface area contributed by atoms with Crippen molar-refractivity contribution in [2.45, 2.75) is 20.3 Å². The topological polar surface area (TPSA) is 39.4 Å². The molecule has 0 saturated carbocycles. The lowest BCUT2D eigenvalue weighted by Crippen LogP contribution is -2.04. The second-order valence-corrected chi connectivity index (χ2v) is 4.45. The Kier molecular flexibility index (Phi) is 3.64. The summed E-state index contributed by atoms with van der Waals surface area (Å²) in [5.74, 6) is 1.10. The fourth-order valence-corrected chi connectivity index (χ4v) is 2.29. The van der Waals surface area contributed by atoms with Gasteiger partial charge in [-0.25, -0.2) is 4.79 Å². The number of esters is 1.